The van der Waals surface area contributed by atoms with Gasteiger partial charge in [-0.05, 0) is 12.1 Å². The summed E-state index contributed by atoms with van der Waals surface area (Å²) in [5, 5.41) is 0. The zero-order chi connectivity index (χ0) is 9.90. The molecule has 0 N–H and O–H groups in total. The van der Waals surface area contributed by atoms with Crippen LogP contribution >= 0.6 is 0 Å². The smallest absolute Gasteiger partial charge is 0.303 e. The van der Waals surface area contributed by atoms with Crippen molar-refractivity contribution in [1.29, 1.82) is 0 Å². The van der Waals surface area contributed by atoms with Crippen LogP contribution in [-0.4, -0.2) is 11.3 Å². The molecule has 5 heteroatoms. The summed E-state index contributed by atoms with van der Waals surface area (Å²) in [5.74, 6) is 0. The van der Waals surface area contributed by atoms with E-state index in [4.69, 9.17) is 0 Å². The fourth-order valence-electron chi connectivity index (χ4n) is 0.798. The molecular weight excluding hydrogens is 183 g/mol. The molecule has 70 valence electrons. The lowest BCUT2D eigenvalue weighted by Gasteiger charge is -2.05. The van der Waals surface area contributed by atoms with Crippen molar-refractivity contribution in [1.82, 2.24) is 4.98 Å². The normalized spacial score (nSPS) is 11.3. The average Bonchev–Trinajstić information content (AvgIpc) is 2.04. The summed E-state index contributed by atoms with van der Waals surface area (Å²) in [6.07, 6.45) is -3.01. The highest BCUT2D eigenvalue weighted by atomic mass is 19.4. The second-order valence-electron chi connectivity index (χ2n) is 2.41. The predicted molar refractivity (Wildman–Crippen MR) is 39.0 cm³/mol. The van der Waals surface area contributed by atoms with Crippen LogP contribution in [0.25, 0.3) is 0 Å². The Hall–Kier alpha value is -1.39. The number of pyridine rings is 1. The van der Waals surface area contributed by atoms with Gasteiger partial charge in [-0.15, -0.1) is 0 Å². The molecular formula is C8H6F3NO. The Bertz CT molecular complexity index is 291. The topological polar surface area (TPSA) is 30.0 Å². The van der Waals surface area contributed by atoms with Gasteiger partial charge in [0.25, 0.3) is 0 Å². The summed E-state index contributed by atoms with van der Waals surface area (Å²) < 4.78 is 36.0. The first-order valence-corrected chi connectivity index (χ1v) is 3.50. The number of halogens is 3. The summed E-state index contributed by atoms with van der Waals surface area (Å²) in [6.45, 7) is 0. The van der Waals surface area contributed by atoms with Crippen molar-refractivity contribution in [3.63, 3.8) is 0 Å². The molecule has 0 radical (unpaired) electrons. The Kier molecular flexibility index (Phi) is 2.65. The summed E-state index contributed by atoms with van der Waals surface area (Å²) in [7, 11) is 0. The second-order valence-corrected chi connectivity index (χ2v) is 2.41. The molecule has 1 aromatic rings. The second kappa shape index (κ2) is 3.55. The number of hydrogen-bond acceptors (Lipinski definition) is 2. The van der Waals surface area contributed by atoms with Gasteiger partial charge < -0.3 is 4.79 Å². The van der Waals surface area contributed by atoms with Crippen molar-refractivity contribution in [2.24, 2.45) is 0 Å². The first-order chi connectivity index (χ1) is 6.04. The molecule has 1 heterocycles. The molecule has 0 aliphatic heterocycles. The first-order valence-electron chi connectivity index (χ1n) is 3.50. The number of nitrogens with zero attached hydrogens (tertiary/aromatic N) is 1. The van der Waals surface area contributed by atoms with Gasteiger partial charge in [-0.2, -0.15) is 13.2 Å². The predicted octanol–water partition coefficient (Wildman–Crippen LogP) is 1.84. The number of aromatic nitrogens is 1. The van der Waals surface area contributed by atoms with Crippen molar-refractivity contribution in [2.75, 3.05) is 0 Å². The lowest BCUT2D eigenvalue weighted by molar-refractivity contribution is -0.137. The molecule has 0 unspecified atom stereocenters. The summed E-state index contributed by atoms with van der Waals surface area (Å²) >= 11 is 0. The molecule has 2 nitrogen and oxygen atoms in total. The Morgan fingerprint density at radius 1 is 1.38 bits per heavy atom. The van der Waals surface area contributed by atoms with E-state index in [0.29, 0.717) is 12.0 Å². The van der Waals surface area contributed by atoms with Crippen molar-refractivity contribution in [3.05, 3.63) is 29.6 Å². The minimum absolute atomic E-state index is 0.0398. The molecule has 0 amide bonds. The molecule has 0 aromatic carbocycles. The van der Waals surface area contributed by atoms with E-state index < -0.39 is 11.7 Å². The van der Waals surface area contributed by atoms with Gasteiger partial charge in [0, 0.05) is 18.3 Å². The minimum atomic E-state index is -4.37. The Balaban J connectivity index is 2.87. The van der Waals surface area contributed by atoms with Crippen LogP contribution in [0.2, 0.25) is 0 Å². The molecule has 0 aliphatic rings. The summed E-state index contributed by atoms with van der Waals surface area (Å²) in [6, 6.07) is 2.10. The zero-order valence-electron chi connectivity index (χ0n) is 6.51. The summed E-state index contributed by atoms with van der Waals surface area (Å²) in [4.78, 5) is 13.5. The van der Waals surface area contributed by atoms with Crippen LogP contribution in [0.1, 0.15) is 11.3 Å². The van der Waals surface area contributed by atoms with E-state index >= 15 is 0 Å². The fourth-order valence-corrected chi connectivity index (χ4v) is 0.798. The van der Waals surface area contributed by atoms with E-state index in [1.54, 1.807) is 0 Å². The van der Waals surface area contributed by atoms with Crippen LogP contribution in [0.3, 0.4) is 0 Å². The van der Waals surface area contributed by atoms with Crippen LogP contribution in [0, 0.1) is 0 Å². The highest BCUT2D eigenvalue weighted by Crippen LogP contribution is 2.28. The highest BCUT2D eigenvalue weighted by molar-refractivity contribution is 5.53. The van der Waals surface area contributed by atoms with E-state index in [-0.39, 0.29) is 6.42 Å². The number of aldehydes is 1. The molecule has 0 aliphatic carbocycles. The quantitative estimate of drug-likeness (QED) is 0.664. The molecule has 0 bridgehead atoms. The van der Waals surface area contributed by atoms with Crippen LogP contribution in [0.15, 0.2) is 18.3 Å². The maximum atomic E-state index is 12.0. The Labute approximate surface area is 72.4 Å². The van der Waals surface area contributed by atoms with Crippen LogP contribution in [-0.2, 0) is 17.4 Å². The molecule has 0 saturated carbocycles. The van der Waals surface area contributed by atoms with Crippen molar-refractivity contribution < 1.29 is 18.0 Å². The first kappa shape index (κ1) is 9.70. The molecule has 1 rings (SSSR count). The number of carbonyl (C=O) groups excluding carboxylic acids is 1. The van der Waals surface area contributed by atoms with Gasteiger partial charge in [0.15, 0.2) is 0 Å². The number of carbonyl (C=O) groups is 1. The van der Waals surface area contributed by atoms with Gasteiger partial charge in [-0.3, -0.25) is 4.98 Å². The number of alkyl halides is 3. The van der Waals surface area contributed by atoms with E-state index in [0.717, 1.165) is 12.3 Å². The molecule has 0 fully saturated rings. The van der Waals surface area contributed by atoms with Crippen LogP contribution in [0.5, 0.6) is 0 Å². The van der Waals surface area contributed by atoms with E-state index in [9.17, 15) is 18.0 Å². The van der Waals surface area contributed by atoms with Gasteiger partial charge in [0.2, 0.25) is 0 Å². The largest absolute Gasteiger partial charge is 0.417 e. The van der Waals surface area contributed by atoms with Crippen LogP contribution < -0.4 is 0 Å². The minimum Gasteiger partial charge on any atom is -0.303 e. The van der Waals surface area contributed by atoms with Crippen molar-refractivity contribution in [3.8, 4) is 0 Å². The standard InChI is InChI=1S/C8H6F3NO/c9-8(10,11)6-1-2-7(3-4-13)12-5-6/h1-2,4-5H,3H2. The lowest BCUT2D eigenvalue weighted by atomic mass is 10.2. The van der Waals surface area contributed by atoms with Gasteiger partial charge in [0.1, 0.15) is 6.29 Å². The SMILES string of the molecule is O=CCc1ccc(C(F)(F)F)cn1. The van der Waals surface area contributed by atoms with Gasteiger partial charge in [-0.25, -0.2) is 0 Å². The van der Waals surface area contributed by atoms with Crippen LogP contribution in [0.4, 0.5) is 13.2 Å². The summed E-state index contributed by atoms with van der Waals surface area (Å²) in [5.41, 5.74) is -0.467. The maximum Gasteiger partial charge on any atom is 0.417 e. The number of hydrogen-bond donors (Lipinski definition) is 0. The Morgan fingerprint density at radius 2 is 2.08 bits per heavy atom. The van der Waals surface area contributed by atoms with E-state index in [1.165, 1.54) is 6.07 Å². The number of rotatable bonds is 2. The van der Waals surface area contributed by atoms with Crippen molar-refractivity contribution in [2.45, 2.75) is 12.6 Å². The average molecular weight is 189 g/mol. The van der Waals surface area contributed by atoms with Gasteiger partial charge in [-0.1, -0.05) is 0 Å². The fraction of sp³-hybridized carbons (Fsp3) is 0.250. The molecule has 0 spiro atoms. The van der Waals surface area contributed by atoms with E-state index in [1.807, 2.05) is 0 Å². The third kappa shape index (κ3) is 2.54. The van der Waals surface area contributed by atoms with Gasteiger partial charge in [0.05, 0.1) is 5.56 Å². The molecule has 13 heavy (non-hydrogen) atoms. The molecule has 0 atom stereocenters. The zero-order valence-corrected chi connectivity index (χ0v) is 6.51. The van der Waals surface area contributed by atoms with Crippen molar-refractivity contribution >= 4 is 6.29 Å². The van der Waals surface area contributed by atoms with Gasteiger partial charge >= 0.3 is 6.18 Å². The monoisotopic (exact) mass is 189 g/mol. The maximum absolute atomic E-state index is 12.0. The highest BCUT2D eigenvalue weighted by Gasteiger charge is 2.30. The molecule has 1 aromatic heterocycles. The van der Waals surface area contributed by atoms with E-state index in [2.05, 4.69) is 4.98 Å². The molecule has 0 saturated heterocycles. The lowest BCUT2D eigenvalue weighted by Crippen LogP contribution is -2.05. The Morgan fingerprint density at radius 3 is 2.46 bits per heavy atom. The third-order valence-electron chi connectivity index (χ3n) is 1.44. The third-order valence-corrected chi connectivity index (χ3v) is 1.44.